The fourth-order valence-corrected chi connectivity index (χ4v) is 3.84. The molecule has 2 unspecified atom stereocenters. The highest BCUT2D eigenvalue weighted by molar-refractivity contribution is 7.99. The van der Waals surface area contributed by atoms with Crippen molar-refractivity contribution < 1.29 is 4.79 Å². The van der Waals surface area contributed by atoms with E-state index in [2.05, 4.69) is 12.2 Å². The lowest BCUT2D eigenvalue weighted by atomic mass is 10.1. The summed E-state index contributed by atoms with van der Waals surface area (Å²) in [6, 6.07) is 8.14. The molecule has 20 heavy (non-hydrogen) atoms. The molecule has 1 fully saturated rings. The summed E-state index contributed by atoms with van der Waals surface area (Å²) in [6.07, 6.45) is 4.84. The minimum Gasteiger partial charge on any atom is -0.399 e. The number of nitrogens with two attached hydrogens (primary N) is 1. The van der Waals surface area contributed by atoms with Gasteiger partial charge in [-0.15, -0.1) is 0 Å². The monoisotopic (exact) mass is 292 g/mol. The van der Waals surface area contributed by atoms with E-state index in [4.69, 9.17) is 5.73 Å². The number of carbonyl (C=O) groups is 1. The van der Waals surface area contributed by atoms with Crippen molar-refractivity contribution in [3.05, 3.63) is 29.8 Å². The van der Waals surface area contributed by atoms with Crippen LogP contribution in [0.2, 0.25) is 0 Å². The van der Waals surface area contributed by atoms with Crippen molar-refractivity contribution in [3.63, 3.8) is 0 Å². The van der Waals surface area contributed by atoms with Crippen LogP contribution in [0.15, 0.2) is 24.3 Å². The second-order valence-corrected chi connectivity index (χ2v) is 6.97. The quantitative estimate of drug-likeness (QED) is 0.793. The largest absolute Gasteiger partial charge is 0.399 e. The topological polar surface area (TPSA) is 55.1 Å². The van der Waals surface area contributed by atoms with Gasteiger partial charge in [-0.1, -0.05) is 19.1 Å². The molecule has 1 aromatic carbocycles. The Morgan fingerprint density at radius 2 is 2.10 bits per heavy atom. The van der Waals surface area contributed by atoms with Gasteiger partial charge in [0.1, 0.15) is 0 Å². The lowest BCUT2D eigenvalue weighted by Gasteiger charge is -2.13. The van der Waals surface area contributed by atoms with Crippen molar-refractivity contribution in [1.82, 2.24) is 5.32 Å². The Morgan fingerprint density at radius 1 is 1.35 bits per heavy atom. The molecule has 1 saturated carbocycles. The summed E-state index contributed by atoms with van der Waals surface area (Å²) in [7, 11) is 0. The predicted molar refractivity (Wildman–Crippen MR) is 86.9 cm³/mol. The van der Waals surface area contributed by atoms with E-state index >= 15 is 0 Å². The number of aryl methyl sites for hydroxylation is 1. The van der Waals surface area contributed by atoms with Gasteiger partial charge in [-0.2, -0.15) is 11.8 Å². The Morgan fingerprint density at radius 3 is 2.80 bits per heavy atom. The second-order valence-electron chi connectivity index (χ2n) is 5.40. The van der Waals surface area contributed by atoms with Crippen LogP contribution in [0.3, 0.4) is 0 Å². The molecule has 3 nitrogen and oxygen atoms in total. The van der Waals surface area contributed by atoms with Gasteiger partial charge in [-0.3, -0.25) is 4.79 Å². The molecule has 3 N–H and O–H groups in total. The smallest absolute Gasteiger partial charge is 0.220 e. The van der Waals surface area contributed by atoms with Gasteiger partial charge in [-0.25, -0.2) is 0 Å². The van der Waals surface area contributed by atoms with Crippen molar-refractivity contribution in [1.29, 1.82) is 0 Å². The molecule has 4 heteroatoms. The fraction of sp³-hybridized carbons (Fsp3) is 0.562. The van der Waals surface area contributed by atoms with Crippen molar-refractivity contribution in [3.8, 4) is 0 Å². The second kappa shape index (κ2) is 7.58. The number of thioether (sulfide) groups is 1. The zero-order chi connectivity index (χ0) is 14.4. The van der Waals surface area contributed by atoms with E-state index in [-0.39, 0.29) is 5.91 Å². The van der Waals surface area contributed by atoms with Crippen LogP contribution >= 0.6 is 11.8 Å². The molecule has 0 aromatic heterocycles. The maximum atomic E-state index is 12.0. The summed E-state index contributed by atoms with van der Waals surface area (Å²) < 4.78 is 0. The maximum Gasteiger partial charge on any atom is 0.220 e. The lowest BCUT2D eigenvalue weighted by molar-refractivity contribution is -0.121. The molecule has 0 heterocycles. The Kier molecular flexibility index (Phi) is 5.77. The summed E-state index contributed by atoms with van der Waals surface area (Å²) in [5.41, 5.74) is 7.58. The first kappa shape index (κ1) is 15.2. The highest BCUT2D eigenvalue weighted by Gasteiger charge is 2.25. The van der Waals surface area contributed by atoms with E-state index in [0.717, 1.165) is 30.2 Å². The highest BCUT2D eigenvalue weighted by Crippen LogP contribution is 2.29. The standard InChI is InChI=1S/C16H24N2OS/c1-2-20-15-9-8-14(11-15)18-16(19)10-5-12-3-6-13(17)7-4-12/h3-4,6-7,14-15H,2,5,8-11,17H2,1H3,(H,18,19). The Labute approximate surface area is 125 Å². The van der Waals surface area contributed by atoms with E-state index < -0.39 is 0 Å². The summed E-state index contributed by atoms with van der Waals surface area (Å²) in [6.45, 7) is 2.20. The third-order valence-electron chi connectivity index (χ3n) is 3.77. The fourth-order valence-electron chi connectivity index (χ4n) is 2.70. The number of hydrogen-bond donors (Lipinski definition) is 2. The molecular weight excluding hydrogens is 268 g/mol. The predicted octanol–water partition coefficient (Wildman–Crippen LogP) is 2.99. The Hall–Kier alpha value is -1.16. The molecule has 1 aromatic rings. The van der Waals surface area contributed by atoms with Crippen LogP contribution in [-0.2, 0) is 11.2 Å². The van der Waals surface area contributed by atoms with Gasteiger partial charge in [-0.05, 0) is 49.1 Å². The minimum absolute atomic E-state index is 0.175. The SMILES string of the molecule is CCSC1CCC(NC(=O)CCc2ccc(N)cc2)C1. The van der Waals surface area contributed by atoms with E-state index in [0.29, 0.717) is 12.5 Å². The molecule has 1 amide bonds. The molecular formula is C16H24N2OS. The number of benzene rings is 1. The number of amides is 1. The molecule has 0 saturated heterocycles. The Balaban J connectivity index is 1.69. The van der Waals surface area contributed by atoms with Crippen LogP contribution in [0.25, 0.3) is 0 Å². The number of hydrogen-bond acceptors (Lipinski definition) is 3. The van der Waals surface area contributed by atoms with Crippen molar-refractivity contribution >= 4 is 23.4 Å². The Bertz CT molecular complexity index is 433. The van der Waals surface area contributed by atoms with Crippen LogP contribution in [0.1, 0.15) is 38.2 Å². The van der Waals surface area contributed by atoms with Gasteiger partial charge in [0.05, 0.1) is 0 Å². The van der Waals surface area contributed by atoms with Crippen molar-refractivity contribution in [2.24, 2.45) is 0 Å². The third-order valence-corrected chi connectivity index (χ3v) is 5.01. The van der Waals surface area contributed by atoms with E-state index in [1.165, 1.54) is 17.7 Å². The number of nitrogens with one attached hydrogen (secondary N) is 1. The van der Waals surface area contributed by atoms with E-state index in [1.54, 1.807) is 0 Å². The molecule has 2 atom stereocenters. The summed E-state index contributed by atoms with van der Waals surface area (Å²) in [4.78, 5) is 12.0. The van der Waals surface area contributed by atoms with Crippen LogP contribution in [0.4, 0.5) is 5.69 Å². The average Bonchev–Trinajstić information content (AvgIpc) is 2.86. The first-order valence-electron chi connectivity index (χ1n) is 7.42. The van der Waals surface area contributed by atoms with Crippen LogP contribution < -0.4 is 11.1 Å². The zero-order valence-electron chi connectivity index (χ0n) is 12.1. The first-order chi connectivity index (χ1) is 9.67. The number of anilines is 1. The van der Waals surface area contributed by atoms with Crippen molar-refractivity contribution in [2.45, 2.75) is 50.3 Å². The summed E-state index contributed by atoms with van der Waals surface area (Å²) in [5.74, 6) is 1.34. The number of nitrogen functional groups attached to an aromatic ring is 1. The molecule has 0 radical (unpaired) electrons. The van der Waals surface area contributed by atoms with E-state index in [9.17, 15) is 4.79 Å². The molecule has 0 bridgehead atoms. The summed E-state index contributed by atoms with van der Waals surface area (Å²) >= 11 is 2.02. The van der Waals surface area contributed by atoms with Gasteiger partial charge in [0, 0.05) is 23.4 Å². The first-order valence-corrected chi connectivity index (χ1v) is 8.47. The molecule has 2 rings (SSSR count). The highest BCUT2D eigenvalue weighted by atomic mass is 32.2. The molecule has 0 aliphatic heterocycles. The van der Waals surface area contributed by atoms with Crippen LogP contribution in [-0.4, -0.2) is 23.0 Å². The number of carbonyl (C=O) groups excluding carboxylic acids is 1. The van der Waals surface area contributed by atoms with E-state index in [1.807, 2.05) is 36.0 Å². The van der Waals surface area contributed by atoms with Gasteiger partial charge < -0.3 is 11.1 Å². The van der Waals surface area contributed by atoms with Gasteiger partial charge in [0.2, 0.25) is 5.91 Å². The van der Waals surface area contributed by atoms with Crippen LogP contribution in [0, 0.1) is 0 Å². The molecule has 0 spiro atoms. The normalized spacial score (nSPS) is 21.9. The minimum atomic E-state index is 0.175. The van der Waals surface area contributed by atoms with Gasteiger partial charge in [0.25, 0.3) is 0 Å². The number of rotatable bonds is 6. The van der Waals surface area contributed by atoms with Gasteiger partial charge >= 0.3 is 0 Å². The van der Waals surface area contributed by atoms with Crippen LogP contribution in [0.5, 0.6) is 0 Å². The van der Waals surface area contributed by atoms with Gasteiger partial charge in [0.15, 0.2) is 0 Å². The zero-order valence-corrected chi connectivity index (χ0v) is 12.9. The molecule has 1 aliphatic rings. The average molecular weight is 292 g/mol. The molecule has 1 aliphatic carbocycles. The lowest BCUT2D eigenvalue weighted by Crippen LogP contribution is -2.33. The summed E-state index contributed by atoms with van der Waals surface area (Å²) in [5, 5.41) is 3.91. The van der Waals surface area contributed by atoms with Crippen molar-refractivity contribution in [2.75, 3.05) is 11.5 Å². The third kappa shape index (κ3) is 4.75. The maximum absolute atomic E-state index is 12.0. The molecule has 110 valence electrons.